The summed E-state index contributed by atoms with van der Waals surface area (Å²) in [4.78, 5) is 0. The van der Waals surface area contributed by atoms with Gasteiger partial charge in [0.1, 0.15) is 0 Å². The maximum atomic E-state index is 8.85. The molecule has 9 heavy (non-hydrogen) atoms. The molecule has 2 N–H and O–H groups in total. The molecule has 0 radical (unpaired) electrons. The fourth-order valence-corrected chi connectivity index (χ4v) is 0. The number of nitrogens with one attached hydrogen (secondary N) is 1. The van der Waals surface area contributed by atoms with Crippen LogP contribution in [0.5, 0.6) is 0 Å². The van der Waals surface area contributed by atoms with Crippen LogP contribution < -0.4 is 29.6 Å². The van der Waals surface area contributed by atoms with Gasteiger partial charge >= 0.3 is 29.6 Å². The summed E-state index contributed by atoms with van der Waals surface area (Å²) in [5, 5.41) is 5.47. The molecular formula is C3H8NNaO3S. The molecule has 6 heteroatoms. The van der Waals surface area contributed by atoms with Crippen molar-refractivity contribution in [2.45, 2.75) is 6.92 Å². The molecule has 0 aromatic rings. The summed E-state index contributed by atoms with van der Waals surface area (Å²) in [5.74, 6) is 0. The molecule has 0 heterocycles. The van der Waals surface area contributed by atoms with Gasteiger partial charge in [-0.1, -0.05) is 6.08 Å². The molecule has 0 saturated heterocycles. The van der Waals surface area contributed by atoms with Gasteiger partial charge < -0.3 is 5.14 Å². The Bertz CT molecular complexity index is 133. The monoisotopic (exact) mass is 161 g/mol. The molecule has 0 amide bonds. The third kappa shape index (κ3) is 1010. The van der Waals surface area contributed by atoms with Crippen LogP contribution >= 0.6 is 0 Å². The fourth-order valence-electron chi connectivity index (χ4n) is 0. The van der Waals surface area contributed by atoms with E-state index in [-0.39, 0.29) is 29.6 Å². The van der Waals surface area contributed by atoms with Gasteiger partial charge in [0, 0.05) is 0 Å². The van der Waals surface area contributed by atoms with E-state index in [2.05, 4.69) is 6.58 Å². The quantitative estimate of drug-likeness (QED) is 0.254. The van der Waals surface area contributed by atoms with Crippen molar-refractivity contribution in [3.05, 3.63) is 17.8 Å². The van der Waals surface area contributed by atoms with Crippen molar-refractivity contribution < 1.29 is 42.5 Å². The van der Waals surface area contributed by atoms with Crippen LogP contribution in [0.4, 0.5) is 0 Å². The molecular weight excluding hydrogens is 153 g/mol. The molecule has 50 valence electrons. The number of allylic oxidation sites excluding steroid dienone is 1. The Morgan fingerprint density at radius 2 is 1.67 bits per heavy atom. The van der Waals surface area contributed by atoms with E-state index in [1.165, 1.54) is 0 Å². The Morgan fingerprint density at radius 1 is 1.67 bits per heavy atom. The van der Waals surface area contributed by atoms with E-state index in [1.54, 1.807) is 6.08 Å². The Morgan fingerprint density at radius 3 is 1.67 bits per heavy atom. The number of hydrogen-bond acceptors (Lipinski definition) is 2. The van der Waals surface area contributed by atoms with Gasteiger partial charge in [-0.05, 0) is 6.92 Å². The SMILES string of the molecule is C=CC.[NH-]S(=O)(=O)O.[Na+]. The maximum absolute atomic E-state index is 8.85. The van der Waals surface area contributed by atoms with Crippen molar-refractivity contribution in [3.8, 4) is 0 Å². The molecule has 0 rings (SSSR count). The van der Waals surface area contributed by atoms with Crippen LogP contribution in [-0.2, 0) is 10.3 Å². The molecule has 0 aromatic carbocycles. The minimum Gasteiger partial charge on any atom is -0.540 e. The first kappa shape index (κ1) is 16.3. The molecule has 0 fully saturated rings. The zero-order chi connectivity index (χ0) is 7.21. The van der Waals surface area contributed by atoms with Gasteiger partial charge in [-0.25, -0.2) is 8.42 Å². The van der Waals surface area contributed by atoms with Crippen molar-refractivity contribution in [1.29, 1.82) is 0 Å². The predicted molar refractivity (Wildman–Crippen MR) is 31.7 cm³/mol. The summed E-state index contributed by atoms with van der Waals surface area (Å²) in [6.07, 6.45) is 1.75. The van der Waals surface area contributed by atoms with E-state index in [1.807, 2.05) is 6.92 Å². The van der Waals surface area contributed by atoms with Crippen LogP contribution in [0.3, 0.4) is 0 Å². The Kier molecular flexibility index (Phi) is 15.6. The van der Waals surface area contributed by atoms with Gasteiger partial charge in [-0.2, -0.15) is 0 Å². The van der Waals surface area contributed by atoms with Crippen LogP contribution in [0, 0.1) is 0 Å². The molecule has 0 atom stereocenters. The third-order valence-corrected chi connectivity index (χ3v) is 0. The van der Waals surface area contributed by atoms with Crippen LogP contribution in [0.15, 0.2) is 12.7 Å². The molecule has 0 aliphatic heterocycles. The first-order valence-electron chi connectivity index (χ1n) is 1.71. The molecule has 0 bridgehead atoms. The van der Waals surface area contributed by atoms with Crippen LogP contribution in [0.2, 0.25) is 0 Å². The summed E-state index contributed by atoms with van der Waals surface area (Å²) < 4.78 is 24.9. The standard InChI is InChI=1S/C3H6.H2NO3S.Na/c1-3-2;1-5(2,3)4;/h3H,1H2,2H3;(H2-,1,2,3,4);/q;-1;+1. The zero-order valence-corrected chi connectivity index (χ0v) is 8.27. The largest absolute Gasteiger partial charge is 1.00 e. The van der Waals surface area contributed by atoms with Crippen LogP contribution in [-0.4, -0.2) is 13.0 Å². The Balaban J connectivity index is -0.0000000800. The van der Waals surface area contributed by atoms with E-state index in [4.69, 9.17) is 18.1 Å². The second kappa shape index (κ2) is 8.61. The van der Waals surface area contributed by atoms with Gasteiger partial charge in [-0.15, -0.1) is 6.58 Å². The van der Waals surface area contributed by atoms with Crippen molar-refractivity contribution in [1.82, 2.24) is 0 Å². The predicted octanol–water partition coefficient (Wildman–Crippen LogP) is -1.96. The molecule has 0 unspecified atom stereocenters. The minimum absolute atomic E-state index is 0. The van der Waals surface area contributed by atoms with Gasteiger partial charge in [-0.3, -0.25) is 4.55 Å². The van der Waals surface area contributed by atoms with Crippen LogP contribution in [0.25, 0.3) is 5.14 Å². The van der Waals surface area contributed by atoms with E-state index in [0.29, 0.717) is 0 Å². The smallest absolute Gasteiger partial charge is 0.540 e. The van der Waals surface area contributed by atoms with Gasteiger partial charge in [0.25, 0.3) is 0 Å². The number of hydrogen-bond donors (Lipinski definition) is 1. The Labute approximate surface area is 77.3 Å². The summed E-state index contributed by atoms with van der Waals surface area (Å²) in [6.45, 7) is 5.25. The van der Waals surface area contributed by atoms with Gasteiger partial charge in [0.15, 0.2) is 10.3 Å². The molecule has 0 aliphatic rings. The van der Waals surface area contributed by atoms with Crippen molar-refractivity contribution in [2.24, 2.45) is 0 Å². The fraction of sp³-hybridized carbons (Fsp3) is 0.333. The summed E-state index contributed by atoms with van der Waals surface area (Å²) in [5.41, 5.74) is 0. The molecule has 0 spiro atoms. The average Bonchev–Trinajstić information content (AvgIpc) is 1.27. The van der Waals surface area contributed by atoms with Crippen LogP contribution in [0.1, 0.15) is 6.92 Å². The zero-order valence-electron chi connectivity index (χ0n) is 5.46. The Hall–Kier alpha value is 0.610. The maximum Gasteiger partial charge on any atom is 1.00 e. The topological polar surface area (TPSA) is 78.2 Å². The summed E-state index contributed by atoms with van der Waals surface area (Å²) >= 11 is 0. The second-order valence-electron chi connectivity index (χ2n) is 0.883. The second-order valence-corrected chi connectivity index (χ2v) is 1.83. The first-order chi connectivity index (χ1) is 3.41. The van der Waals surface area contributed by atoms with Gasteiger partial charge in [0.05, 0.1) is 0 Å². The van der Waals surface area contributed by atoms with Crippen molar-refractivity contribution >= 4 is 10.3 Å². The minimum atomic E-state index is -4.42. The summed E-state index contributed by atoms with van der Waals surface area (Å²) in [6, 6.07) is 0. The van der Waals surface area contributed by atoms with Crippen molar-refractivity contribution in [2.75, 3.05) is 0 Å². The molecule has 0 aromatic heterocycles. The van der Waals surface area contributed by atoms with Crippen molar-refractivity contribution in [3.63, 3.8) is 0 Å². The number of rotatable bonds is 0. The molecule has 4 nitrogen and oxygen atoms in total. The van der Waals surface area contributed by atoms with Gasteiger partial charge in [0.2, 0.25) is 0 Å². The first-order valence-corrected chi connectivity index (χ1v) is 3.15. The molecule has 0 aliphatic carbocycles. The van der Waals surface area contributed by atoms with E-state index in [9.17, 15) is 0 Å². The van der Waals surface area contributed by atoms with E-state index < -0.39 is 10.3 Å². The molecule has 0 saturated carbocycles. The third-order valence-electron chi connectivity index (χ3n) is 0. The van der Waals surface area contributed by atoms with E-state index >= 15 is 0 Å². The van der Waals surface area contributed by atoms with E-state index in [0.717, 1.165) is 0 Å². The summed E-state index contributed by atoms with van der Waals surface area (Å²) in [7, 11) is -4.42. The average molecular weight is 161 g/mol. The normalized spacial score (nSPS) is 7.89.